The van der Waals surface area contributed by atoms with Gasteiger partial charge in [0, 0.05) is 18.7 Å². The van der Waals surface area contributed by atoms with E-state index in [0.29, 0.717) is 32.8 Å². The second-order valence-corrected chi connectivity index (χ2v) is 7.45. The molecule has 0 aliphatic carbocycles. The van der Waals surface area contributed by atoms with Crippen LogP contribution in [-0.4, -0.2) is 34.1 Å². The molecule has 4 rings (SSSR count). The highest BCUT2D eigenvalue weighted by Crippen LogP contribution is 2.34. The maximum atomic E-state index is 13.4. The van der Waals surface area contributed by atoms with E-state index in [9.17, 15) is 14.0 Å². The normalized spacial score (nSPS) is 16.6. The van der Waals surface area contributed by atoms with Gasteiger partial charge in [-0.3, -0.25) is 9.69 Å². The predicted molar refractivity (Wildman–Crippen MR) is 113 cm³/mol. The van der Waals surface area contributed by atoms with Crippen molar-refractivity contribution in [1.82, 2.24) is 4.90 Å². The zero-order valence-corrected chi connectivity index (χ0v) is 16.5. The molecule has 150 valence electrons. The number of amides is 1. The summed E-state index contributed by atoms with van der Waals surface area (Å²) >= 11 is 1.16. The summed E-state index contributed by atoms with van der Waals surface area (Å²) in [5, 5.41) is 9.53. The summed E-state index contributed by atoms with van der Waals surface area (Å²) in [6.07, 6.45) is 1.60. The minimum atomic E-state index is -1.05. The number of thioether (sulfide) groups is 1. The van der Waals surface area contributed by atoms with E-state index in [0.717, 1.165) is 11.8 Å². The smallest absolute Gasteiger partial charge is 0.335 e. The Hall–Kier alpha value is -3.65. The number of hydrogen-bond acceptors (Lipinski definition) is 5. The van der Waals surface area contributed by atoms with Crippen molar-refractivity contribution in [3.8, 4) is 11.3 Å². The van der Waals surface area contributed by atoms with Crippen molar-refractivity contribution in [2.75, 3.05) is 7.05 Å². The number of likely N-dealkylation sites (N-methyl/N-ethyl adjacent to an activating group) is 1. The molecule has 3 aromatic rings. The first-order valence-electron chi connectivity index (χ1n) is 8.86. The third-order valence-corrected chi connectivity index (χ3v) is 5.39. The van der Waals surface area contributed by atoms with Crippen LogP contribution in [0.3, 0.4) is 0 Å². The first kappa shape index (κ1) is 19.7. The van der Waals surface area contributed by atoms with Crippen LogP contribution in [0.1, 0.15) is 16.1 Å². The molecule has 1 saturated heterocycles. The lowest BCUT2D eigenvalue weighted by Crippen LogP contribution is -2.23. The highest BCUT2D eigenvalue weighted by atomic mass is 32.2. The molecule has 0 atom stereocenters. The molecule has 0 saturated carbocycles. The molecule has 1 aliphatic rings. The number of rotatable bonds is 4. The topological polar surface area (TPSA) is 83.1 Å². The van der Waals surface area contributed by atoms with E-state index in [4.69, 9.17) is 9.52 Å². The van der Waals surface area contributed by atoms with Crippen molar-refractivity contribution in [3.63, 3.8) is 0 Å². The van der Waals surface area contributed by atoms with E-state index in [1.807, 2.05) is 0 Å². The number of nitrogens with zero attached hydrogens (tertiary/aromatic N) is 2. The van der Waals surface area contributed by atoms with E-state index >= 15 is 0 Å². The van der Waals surface area contributed by atoms with Gasteiger partial charge >= 0.3 is 5.97 Å². The summed E-state index contributed by atoms with van der Waals surface area (Å²) in [5.74, 6) is -0.721. The lowest BCUT2D eigenvalue weighted by atomic mass is 10.2. The first-order valence-corrected chi connectivity index (χ1v) is 9.68. The number of carbonyl (C=O) groups excluding carboxylic acids is 1. The van der Waals surface area contributed by atoms with Gasteiger partial charge in [0.15, 0.2) is 5.17 Å². The van der Waals surface area contributed by atoms with Gasteiger partial charge in [-0.05, 0) is 54.2 Å². The van der Waals surface area contributed by atoms with Crippen molar-refractivity contribution < 1.29 is 23.5 Å². The maximum Gasteiger partial charge on any atom is 0.335 e. The summed E-state index contributed by atoms with van der Waals surface area (Å²) in [5.41, 5.74) is 1.15. The number of carboxylic acid groups (broad SMARTS) is 1. The van der Waals surface area contributed by atoms with Crippen LogP contribution in [0.5, 0.6) is 0 Å². The van der Waals surface area contributed by atoms with Crippen LogP contribution < -0.4 is 0 Å². The van der Waals surface area contributed by atoms with Crippen LogP contribution in [-0.2, 0) is 4.79 Å². The molecule has 1 fully saturated rings. The second-order valence-electron chi connectivity index (χ2n) is 6.44. The molecule has 8 heteroatoms. The Balaban J connectivity index is 1.59. The monoisotopic (exact) mass is 422 g/mol. The summed E-state index contributed by atoms with van der Waals surface area (Å²) in [6, 6.07) is 15.6. The number of aromatic carboxylic acids is 1. The van der Waals surface area contributed by atoms with Crippen LogP contribution >= 0.6 is 11.8 Å². The Morgan fingerprint density at radius 3 is 2.73 bits per heavy atom. The number of hydrogen-bond donors (Lipinski definition) is 1. The number of benzene rings is 2. The van der Waals surface area contributed by atoms with Crippen molar-refractivity contribution in [2.45, 2.75) is 0 Å². The van der Waals surface area contributed by atoms with E-state index in [2.05, 4.69) is 4.99 Å². The molecule has 6 nitrogen and oxygen atoms in total. The van der Waals surface area contributed by atoms with Gasteiger partial charge in [-0.2, -0.15) is 0 Å². The van der Waals surface area contributed by atoms with Crippen molar-refractivity contribution in [2.24, 2.45) is 4.99 Å². The van der Waals surface area contributed by atoms with Gasteiger partial charge in [-0.15, -0.1) is 0 Å². The Morgan fingerprint density at radius 2 is 1.97 bits per heavy atom. The van der Waals surface area contributed by atoms with E-state index < -0.39 is 5.97 Å². The van der Waals surface area contributed by atoms with Crippen LogP contribution in [0.15, 0.2) is 75.0 Å². The number of amidine groups is 1. The Bertz CT molecular complexity index is 1220. The molecule has 0 spiro atoms. The SMILES string of the molecule is CN1C(=O)C(=Cc2ccc(-c3cccc(F)c3)o2)SC1=Nc1cccc(C(=O)O)c1. The summed E-state index contributed by atoms with van der Waals surface area (Å²) in [6.45, 7) is 0. The Kier molecular flexibility index (Phi) is 5.24. The maximum absolute atomic E-state index is 13.4. The van der Waals surface area contributed by atoms with Crippen LogP contribution in [0.4, 0.5) is 10.1 Å². The highest BCUT2D eigenvalue weighted by molar-refractivity contribution is 8.18. The fourth-order valence-corrected chi connectivity index (χ4v) is 3.79. The second kappa shape index (κ2) is 8.00. The van der Waals surface area contributed by atoms with Crippen LogP contribution in [0.2, 0.25) is 0 Å². The predicted octanol–water partition coefficient (Wildman–Crippen LogP) is 5.02. The van der Waals surface area contributed by atoms with Gasteiger partial charge in [-0.1, -0.05) is 18.2 Å². The molecule has 30 heavy (non-hydrogen) atoms. The molecular formula is C22H15FN2O4S. The molecule has 2 aromatic carbocycles. The minimum Gasteiger partial charge on any atom is -0.478 e. The van der Waals surface area contributed by atoms with Crippen LogP contribution in [0, 0.1) is 5.82 Å². The molecule has 0 unspecified atom stereocenters. The lowest BCUT2D eigenvalue weighted by molar-refractivity contribution is -0.121. The lowest BCUT2D eigenvalue weighted by Gasteiger charge is -2.07. The molecule has 1 N–H and O–H groups in total. The van der Waals surface area contributed by atoms with Gasteiger partial charge in [0.05, 0.1) is 16.2 Å². The molecule has 0 radical (unpaired) electrons. The largest absolute Gasteiger partial charge is 0.478 e. The molecular weight excluding hydrogens is 407 g/mol. The number of aliphatic imine (C=N–C) groups is 1. The molecule has 1 aromatic heterocycles. The van der Waals surface area contributed by atoms with E-state index in [-0.39, 0.29) is 17.3 Å². The average Bonchev–Trinajstić information content (AvgIpc) is 3.29. The third kappa shape index (κ3) is 4.04. The quantitative estimate of drug-likeness (QED) is 0.597. The summed E-state index contributed by atoms with van der Waals surface area (Å²) in [7, 11) is 1.59. The zero-order chi connectivity index (χ0) is 21.3. The van der Waals surface area contributed by atoms with Gasteiger partial charge in [0.1, 0.15) is 17.3 Å². The third-order valence-electron chi connectivity index (χ3n) is 4.33. The van der Waals surface area contributed by atoms with Gasteiger partial charge in [0.2, 0.25) is 0 Å². The zero-order valence-electron chi connectivity index (χ0n) is 15.7. The molecule has 2 heterocycles. The van der Waals surface area contributed by atoms with Crippen molar-refractivity contribution in [1.29, 1.82) is 0 Å². The van der Waals surface area contributed by atoms with Gasteiger partial charge in [0.25, 0.3) is 5.91 Å². The number of furan rings is 1. The average molecular weight is 422 g/mol. The fourth-order valence-electron chi connectivity index (χ4n) is 2.83. The number of carbonyl (C=O) groups is 2. The molecule has 1 amide bonds. The van der Waals surface area contributed by atoms with Gasteiger partial charge in [-0.25, -0.2) is 14.2 Å². The summed E-state index contributed by atoms with van der Waals surface area (Å²) < 4.78 is 19.2. The van der Waals surface area contributed by atoms with Gasteiger partial charge < -0.3 is 9.52 Å². The van der Waals surface area contributed by atoms with E-state index in [1.165, 1.54) is 29.2 Å². The Labute approximate surface area is 175 Å². The highest BCUT2D eigenvalue weighted by Gasteiger charge is 2.30. The number of halogens is 1. The Morgan fingerprint density at radius 1 is 1.17 bits per heavy atom. The fraction of sp³-hybridized carbons (Fsp3) is 0.0455. The standard InChI is InChI=1S/C22H15FN2O4S/c1-25-20(26)19(30-22(25)24-16-7-3-5-14(11-16)21(27)28)12-17-8-9-18(29-17)13-4-2-6-15(23)10-13/h2-12H,1H3,(H,27,28). The molecule has 1 aliphatic heterocycles. The summed E-state index contributed by atoms with van der Waals surface area (Å²) in [4.78, 5) is 29.9. The number of carboxylic acids is 1. The van der Waals surface area contributed by atoms with Crippen molar-refractivity contribution >= 4 is 40.6 Å². The van der Waals surface area contributed by atoms with Crippen LogP contribution in [0.25, 0.3) is 17.4 Å². The molecule has 0 bridgehead atoms. The van der Waals surface area contributed by atoms with E-state index in [1.54, 1.807) is 49.5 Å². The first-order chi connectivity index (χ1) is 14.4. The minimum absolute atomic E-state index is 0.116. The van der Waals surface area contributed by atoms with Crippen molar-refractivity contribution in [3.05, 3.63) is 82.7 Å².